The number of amides is 1. The molecule has 0 fully saturated rings. The zero-order valence-corrected chi connectivity index (χ0v) is 21.0. The third-order valence-electron chi connectivity index (χ3n) is 5.85. The number of carbonyl (C=O) groups is 1. The Kier molecular flexibility index (Phi) is 8.29. The van der Waals surface area contributed by atoms with Gasteiger partial charge in [-0.25, -0.2) is 0 Å². The second-order valence-electron chi connectivity index (χ2n) is 9.12. The predicted molar refractivity (Wildman–Crippen MR) is 145 cm³/mol. The maximum absolute atomic E-state index is 13.2. The predicted octanol–water partition coefficient (Wildman–Crippen LogP) is 4.27. The van der Waals surface area contributed by atoms with Crippen molar-refractivity contribution in [1.82, 2.24) is 10.2 Å². The summed E-state index contributed by atoms with van der Waals surface area (Å²) in [7, 11) is 4.08. The van der Waals surface area contributed by atoms with Crippen LogP contribution in [0.25, 0.3) is 0 Å². The molecule has 0 bridgehead atoms. The lowest BCUT2D eigenvalue weighted by molar-refractivity contribution is -0.115. The van der Waals surface area contributed by atoms with Gasteiger partial charge in [0.1, 0.15) is 5.92 Å². The summed E-state index contributed by atoms with van der Waals surface area (Å²) >= 11 is 0. The lowest BCUT2D eigenvalue weighted by atomic mass is 9.90. The van der Waals surface area contributed by atoms with E-state index in [1.54, 1.807) is 0 Å². The van der Waals surface area contributed by atoms with Crippen molar-refractivity contribution in [2.24, 2.45) is 4.99 Å². The summed E-state index contributed by atoms with van der Waals surface area (Å²) < 4.78 is 0. The van der Waals surface area contributed by atoms with Crippen LogP contribution in [0.2, 0.25) is 0 Å². The lowest BCUT2D eigenvalue weighted by Gasteiger charge is -2.14. The third kappa shape index (κ3) is 6.27. The zero-order valence-electron chi connectivity index (χ0n) is 21.0. The van der Waals surface area contributed by atoms with Crippen LogP contribution < -0.4 is 10.6 Å². The summed E-state index contributed by atoms with van der Waals surface area (Å²) in [5.74, 6) is 5.13. The van der Waals surface area contributed by atoms with E-state index in [-0.39, 0.29) is 5.91 Å². The van der Waals surface area contributed by atoms with Crippen LogP contribution in [0.3, 0.4) is 0 Å². The van der Waals surface area contributed by atoms with E-state index in [9.17, 15) is 9.90 Å². The minimum Gasteiger partial charge on any atom is -0.367 e. The van der Waals surface area contributed by atoms with E-state index < -0.39 is 12.1 Å². The molecule has 3 aromatic carbocycles. The first kappa shape index (κ1) is 25.3. The molecule has 0 aromatic heterocycles. The van der Waals surface area contributed by atoms with Crippen LogP contribution in [0.1, 0.15) is 41.5 Å². The Morgan fingerprint density at radius 3 is 2.56 bits per heavy atom. The summed E-state index contributed by atoms with van der Waals surface area (Å²) in [6, 6.07) is 23.6. The Hall–Kier alpha value is -3.76. The van der Waals surface area contributed by atoms with Gasteiger partial charge < -0.3 is 15.3 Å². The van der Waals surface area contributed by atoms with Gasteiger partial charge in [-0.1, -0.05) is 61.4 Å². The summed E-state index contributed by atoms with van der Waals surface area (Å²) in [4.78, 5) is 20.3. The van der Waals surface area contributed by atoms with Crippen LogP contribution in [0.4, 0.5) is 11.4 Å². The van der Waals surface area contributed by atoms with Gasteiger partial charge in [-0.05, 0) is 73.9 Å². The van der Waals surface area contributed by atoms with Gasteiger partial charge >= 0.3 is 0 Å². The molecule has 6 nitrogen and oxygen atoms in total. The number of aliphatic imine (C=N–C) groups is 1. The van der Waals surface area contributed by atoms with Crippen LogP contribution in [0.15, 0.2) is 77.8 Å². The molecule has 0 saturated carbocycles. The highest BCUT2D eigenvalue weighted by molar-refractivity contribution is 6.24. The first-order valence-electron chi connectivity index (χ1n) is 12.2. The molecule has 0 radical (unpaired) electrons. The number of anilines is 1. The van der Waals surface area contributed by atoms with Crippen molar-refractivity contribution < 1.29 is 9.90 Å². The number of benzene rings is 3. The molecule has 1 heterocycles. The number of aliphatic hydroxyl groups is 1. The first-order chi connectivity index (χ1) is 17.4. The van der Waals surface area contributed by atoms with Crippen LogP contribution in [0.5, 0.6) is 0 Å². The number of aliphatic hydroxyl groups excluding tert-OH is 1. The Bertz CT molecular complexity index is 1290. The fourth-order valence-corrected chi connectivity index (χ4v) is 4.18. The molecule has 1 aliphatic rings. The van der Waals surface area contributed by atoms with E-state index >= 15 is 0 Å². The monoisotopic (exact) mass is 480 g/mol. The summed E-state index contributed by atoms with van der Waals surface area (Å²) in [5.41, 5.74) is 5.91. The van der Waals surface area contributed by atoms with Gasteiger partial charge in [-0.3, -0.25) is 15.1 Å². The van der Waals surface area contributed by atoms with Gasteiger partial charge in [0.15, 0.2) is 6.23 Å². The number of nitrogens with one attached hydrogen (secondary N) is 2. The zero-order chi connectivity index (χ0) is 25.5. The summed E-state index contributed by atoms with van der Waals surface area (Å²) in [6.07, 6.45) is 0.0257. The number of hydrogen-bond donors (Lipinski definition) is 3. The molecule has 0 saturated heterocycles. The van der Waals surface area contributed by atoms with Crippen molar-refractivity contribution in [3.8, 4) is 11.8 Å². The van der Waals surface area contributed by atoms with Crippen molar-refractivity contribution in [2.75, 3.05) is 26.0 Å². The van der Waals surface area contributed by atoms with E-state index in [1.165, 1.54) is 5.56 Å². The SMILES string of the molecule is CCCNC(O)C#Cc1ccc2c(c1)NC(=O)C2C(=Nc1ccc(CN(C)C)cc1)c1ccccc1. The number of fused-ring (bicyclic) bond motifs is 1. The third-order valence-corrected chi connectivity index (χ3v) is 5.85. The van der Waals surface area contributed by atoms with Crippen molar-refractivity contribution in [3.63, 3.8) is 0 Å². The van der Waals surface area contributed by atoms with E-state index in [0.29, 0.717) is 12.3 Å². The average molecular weight is 481 g/mol. The normalized spacial score (nSPS) is 15.8. The maximum atomic E-state index is 13.2. The molecule has 36 heavy (non-hydrogen) atoms. The highest BCUT2D eigenvalue weighted by atomic mass is 16.3. The van der Waals surface area contributed by atoms with Gasteiger partial charge in [0, 0.05) is 17.8 Å². The number of hydrogen-bond acceptors (Lipinski definition) is 5. The van der Waals surface area contributed by atoms with Gasteiger partial charge in [-0.2, -0.15) is 0 Å². The molecule has 0 spiro atoms. The summed E-state index contributed by atoms with van der Waals surface area (Å²) in [5, 5.41) is 15.9. The molecule has 3 aromatic rings. The van der Waals surface area contributed by atoms with E-state index in [0.717, 1.165) is 41.0 Å². The lowest BCUT2D eigenvalue weighted by Crippen LogP contribution is -2.27. The van der Waals surface area contributed by atoms with Crippen molar-refractivity contribution in [1.29, 1.82) is 0 Å². The number of carbonyl (C=O) groups excluding carboxylic acids is 1. The molecule has 184 valence electrons. The smallest absolute Gasteiger partial charge is 0.238 e. The van der Waals surface area contributed by atoms with Crippen molar-refractivity contribution in [2.45, 2.75) is 32.0 Å². The van der Waals surface area contributed by atoms with Gasteiger partial charge in [0.25, 0.3) is 0 Å². The van der Waals surface area contributed by atoms with Crippen LogP contribution in [0, 0.1) is 11.8 Å². The quantitative estimate of drug-likeness (QED) is 0.256. The van der Waals surface area contributed by atoms with Crippen molar-refractivity contribution >= 4 is 23.0 Å². The fraction of sp³-hybridized carbons (Fsp3) is 0.267. The average Bonchev–Trinajstić information content (AvgIpc) is 3.20. The Balaban J connectivity index is 1.67. The topological polar surface area (TPSA) is 77.0 Å². The van der Waals surface area contributed by atoms with Crippen LogP contribution in [-0.2, 0) is 11.3 Å². The highest BCUT2D eigenvalue weighted by Crippen LogP contribution is 2.36. The molecule has 4 rings (SSSR count). The molecule has 1 amide bonds. The minimum absolute atomic E-state index is 0.119. The van der Waals surface area contributed by atoms with Crippen LogP contribution in [-0.4, -0.2) is 48.5 Å². The largest absolute Gasteiger partial charge is 0.367 e. The second kappa shape index (κ2) is 11.8. The maximum Gasteiger partial charge on any atom is 0.238 e. The van der Waals surface area contributed by atoms with E-state index in [2.05, 4.69) is 39.5 Å². The molecular formula is C30H32N4O2. The van der Waals surface area contributed by atoms with Gasteiger partial charge in [-0.15, -0.1) is 0 Å². The van der Waals surface area contributed by atoms with E-state index in [4.69, 9.17) is 4.99 Å². The van der Waals surface area contributed by atoms with Crippen LogP contribution >= 0.6 is 0 Å². The second-order valence-corrected chi connectivity index (χ2v) is 9.12. The Morgan fingerprint density at radius 1 is 1.11 bits per heavy atom. The molecular weight excluding hydrogens is 448 g/mol. The Labute approximate surface area is 213 Å². The molecule has 2 unspecified atom stereocenters. The molecule has 0 aliphatic carbocycles. The molecule has 2 atom stereocenters. The highest BCUT2D eigenvalue weighted by Gasteiger charge is 2.35. The number of rotatable bonds is 8. The Morgan fingerprint density at radius 2 is 1.86 bits per heavy atom. The fourth-order valence-electron chi connectivity index (χ4n) is 4.18. The van der Waals surface area contributed by atoms with Gasteiger partial charge in [0.2, 0.25) is 5.91 Å². The standard InChI is InChI=1S/C30H32N4O2/c1-4-18-31-27(35)17-13-21-12-16-25-26(19-21)33-30(36)28(25)29(23-8-6-5-7-9-23)32-24-14-10-22(11-15-24)20-34(2)3/h5-12,14-16,19,27-28,31,35H,4,18,20H2,1-3H3,(H,33,36). The van der Waals surface area contributed by atoms with E-state index in [1.807, 2.05) is 81.7 Å². The number of nitrogens with zero attached hydrogens (tertiary/aromatic N) is 2. The van der Waals surface area contributed by atoms with Crippen molar-refractivity contribution in [3.05, 3.63) is 95.1 Å². The molecule has 6 heteroatoms. The minimum atomic E-state index is -0.888. The molecule has 1 aliphatic heterocycles. The summed E-state index contributed by atoms with van der Waals surface area (Å²) in [6.45, 7) is 3.57. The molecule has 3 N–H and O–H groups in total. The van der Waals surface area contributed by atoms with Gasteiger partial charge in [0.05, 0.1) is 11.4 Å². The first-order valence-corrected chi connectivity index (χ1v) is 12.2.